The highest BCUT2D eigenvalue weighted by molar-refractivity contribution is 5.25. The van der Waals surface area contributed by atoms with Gasteiger partial charge >= 0.3 is 0 Å². The SMILES string of the molecule is CCCC(C)c1ccc(CCCN(C)C)cc1. The van der Waals surface area contributed by atoms with Crippen LogP contribution in [0, 0.1) is 0 Å². The van der Waals surface area contributed by atoms with Crippen LogP contribution < -0.4 is 0 Å². The van der Waals surface area contributed by atoms with Crippen molar-refractivity contribution in [3.05, 3.63) is 35.4 Å². The van der Waals surface area contributed by atoms with E-state index in [1.54, 1.807) is 0 Å². The van der Waals surface area contributed by atoms with Gasteiger partial charge in [0.15, 0.2) is 0 Å². The Balaban J connectivity index is 2.44. The van der Waals surface area contributed by atoms with Crippen LogP contribution in [0.4, 0.5) is 0 Å². The Labute approximate surface area is 107 Å². The molecule has 0 heterocycles. The molecule has 0 aliphatic carbocycles. The molecule has 1 nitrogen and oxygen atoms in total. The Bertz CT molecular complexity index is 300. The fourth-order valence-electron chi connectivity index (χ4n) is 2.21. The molecule has 17 heavy (non-hydrogen) atoms. The van der Waals surface area contributed by atoms with E-state index in [0.29, 0.717) is 5.92 Å². The molecule has 0 fully saturated rings. The van der Waals surface area contributed by atoms with Crippen molar-refractivity contribution in [2.24, 2.45) is 0 Å². The standard InChI is InChI=1S/C16H27N/c1-5-7-14(2)16-11-9-15(10-12-16)8-6-13-17(3)4/h9-12,14H,5-8,13H2,1-4H3. The van der Waals surface area contributed by atoms with Crippen molar-refractivity contribution in [2.45, 2.75) is 45.4 Å². The van der Waals surface area contributed by atoms with Crippen LogP contribution in [-0.4, -0.2) is 25.5 Å². The topological polar surface area (TPSA) is 3.24 Å². The van der Waals surface area contributed by atoms with Crippen LogP contribution in [0.15, 0.2) is 24.3 Å². The summed E-state index contributed by atoms with van der Waals surface area (Å²) in [4.78, 5) is 2.25. The van der Waals surface area contributed by atoms with E-state index in [1.165, 1.54) is 43.4 Å². The molecule has 0 amide bonds. The number of hydrogen-bond acceptors (Lipinski definition) is 1. The maximum Gasteiger partial charge on any atom is -0.00217 e. The average molecular weight is 233 g/mol. The molecular weight excluding hydrogens is 206 g/mol. The van der Waals surface area contributed by atoms with Gasteiger partial charge in [-0.3, -0.25) is 0 Å². The van der Waals surface area contributed by atoms with Gasteiger partial charge in [-0.1, -0.05) is 44.5 Å². The molecule has 96 valence electrons. The predicted molar refractivity (Wildman–Crippen MR) is 76.6 cm³/mol. The van der Waals surface area contributed by atoms with Gasteiger partial charge in [-0.05, 0) is 56.9 Å². The molecule has 0 radical (unpaired) electrons. The van der Waals surface area contributed by atoms with Crippen molar-refractivity contribution in [3.8, 4) is 0 Å². The normalized spacial score (nSPS) is 13.0. The molecule has 1 unspecified atom stereocenters. The fraction of sp³-hybridized carbons (Fsp3) is 0.625. The molecule has 0 spiro atoms. The molecule has 1 aromatic carbocycles. The fourth-order valence-corrected chi connectivity index (χ4v) is 2.21. The Morgan fingerprint density at radius 1 is 1.12 bits per heavy atom. The molecule has 0 saturated carbocycles. The van der Waals surface area contributed by atoms with Crippen molar-refractivity contribution in [1.29, 1.82) is 0 Å². The molecule has 1 aromatic rings. The molecule has 0 bridgehead atoms. The van der Waals surface area contributed by atoms with Gasteiger partial charge in [-0.15, -0.1) is 0 Å². The van der Waals surface area contributed by atoms with Gasteiger partial charge in [0, 0.05) is 0 Å². The molecule has 0 N–H and O–H groups in total. The highest BCUT2D eigenvalue weighted by Crippen LogP contribution is 2.21. The minimum absolute atomic E-state index is 0.704. The van der Waals surface area contributed by atoms with E-state index >= 15 is 0 Å². The molecule has 1 rings (SSSR count). The summed E-state index contributed by atoms with van der Waals surface area (Å²) in [5.41, 5.74) is 2.96. The van der Waals surface area contributed by atoms with E-state index in [-0.39, 0.29) is 0 Å². The molecule has 0 aromatic heterocycles. The second-order valence-corrected chi connectivity index (χ2v) is 5.34. The third-order valence-corrected chi connectivity index (χ3v) is 3.34. The smallest absolute Gasteiger partial charge is 0.00217 e. The van der Waals surface area contributed by atoms with Gasteiger partial charge < -0.3 is 4.90 Å². The van der Waals surface area contributed by atoms with Crippen LogP contribution in [0.1, 0.15) is 50.2 Å². The lowest BCUT2D eigenvalue weighted by Gasteiger charge is -2.12. The molecular formula is C16H27N. The first-order chi connectivity index (χ1) is 8.13. The molecule has 0 aliphatic rings. The largest absolute Gasteiger partial charge is 0.309 e. The second kappa shape index (κ2) is 7.50. The minimum atomic E-state index is 0.704. The van der Waals surface area contributed by atoms with E-state index in [1.807, 2.05) is 0 Å². The highest BCUT2D eigenvalue weighted by Gasteiger charge is 2.03. The number of hydrogen-bond donors (Lipinski definition) is 0. The maximum atomic E-state index is 2.32. The number of rotatable bonds is 7. The van der Waals surface area contributed by atoms with Crippen molar-refractivity contribution >= 4 is 0 Å². The van der Waals surface area contributed by atoms with Crippen LogP contribution in [0.3, 0.4) is 0 Å². The second-order valence-electron chi connectivity index (χ2n) is 5.34. The minimum Gasteiger partial charge on any atom is -0.309 e. The lowest BCUT2D eigenvalue weighted by atomic mass is 9.95. The first-order valence-electron chi connectivity index (χ1n) is 6.87. The van der Waals surface area contributed by atoms with Gasteiger partial charge in [0.05, 0.1) is 0 Å². The van der Waals surface area contributed by atoms with E-state index < -0.39 is 0 Å². The van der Waals surface area contributed by atoms with Crippen LogP contribution in [0.5, 0.6) is 0 Å². The van der Waals surface area contributed by atoms with Gasteiger partial charge in [0.25, 0.3) is 0 Å². The zero-order chi connectivity index (χ0) is 12.7. The van der Waals surface area contributed by atoms with Gasteiger partial charge in [-0.25, -0.2) is 0 Å². The van der Waals surface area contributed by atoms with Crippen molar-refractivity contribution in [2.75, 3.05) is 20.6 Å². The van der Waals surface area contributed by atoms with Gasteiger partial charge in [-0.2, -0.15) is 0 Å². The Morgan fingerprint density at radius 2 is 1.76 bits per heavy atom. The number of benzene rings is 1. The van der Waals surface area contributed by atoms with Gasteiger partial charge in [0.1, 0.15) is 0 Å². The van der Waals surface area contributed by atoms with E-state index in [9.17, 15) is 0 Å². The van der Waals surface area contributed by atoms with Crippen LogP contribution in [0.2, 0.25) is 0 Å². The first-order valence-corrected chi connectivity index (χ1v) is 6.87. The molecule has 1 heteroatoms. The van der Waals surface area contributed by atoms with Crippen LogP contribution in [-0.2, 0) is 6.42 Å². The Kier molecular flexibility index (Phi) is 6.28. The summed E-state index contributed by atoms with van der Waals surface area (Å²) in [5.74, 6) is 0.704. The van der Waals surface area contributed by atoms with Crippen molar-refractivity contribution < 1.29 is 0 Å². The third-order valence-electron chi connectivity index (χ3n) is 3.34. The van der Waals surface area contributed by atoms with E-state index in [2.05, 4.69) is 57.1 Å². The lowest BCUT2D eigenvalue weighted by Crippen LogP contribution is -2.13. The first kappa shape index (κ1) is 14.2. The Morgan fingerprint density at radius 3 is 2.29 bits per heavy atom. The third kappa shape index (κ3) is 5.36. The quantitative estimate of drug-likeness (QED) is 0.686. The lowest BCUT2D eigenvalue weighted by molar-refractivity contribution is 0.400. The zero-order valence-electron chi connectivity index (χ0n) is 11.9. The van der Waals surface area contributed by atoms with Crippen molar-refractivity contribution in [3.63, 3.8) is 0 Å². The summed E-state index contributed by atoms with van der Waals surface area (Å²) in [6.45, 7) is 5.75. The summed E-state index contributed by atoms with van der Waals surface area (Å²) in [6, 6.07) is 9.23. The van der Waals surface area contributed by atoms with Crippen LogP contribution >= 0.6 is 0 Å². The number of aryl methyl sites for hydroxylation is 1. The maximum absolute atomic E-state index is 2.32. The van der Waals surface area contributed by atoms with Crippen LogP contribution in [0.25, 0.3) is 0 Å². The van der Waals surface area contributed by atoms with Gasteiger partial charge in [0.2, 0.25) is 0 Å². The molecule has 0 saturated heterocycles. The Hall–Kier alpha value is -0.820. The summed E-state index contributed by atoms with van der Waals surface area (Å²) in [7, 11) is 4.27. The monoisotopic (exact) mass is 233 g/mol. The summed E-state index contributed by atoms with van der Waals surface area (Å²) in [5, 5.41) is 0. The highest BCUT2D eigenvalue weighted by atomic mass is 15.0. The van der Waals surface area contributed by atoms with E-state index in [0.717, 1.165) is 0 Å². The number of nitrogens with zero attached hydrogens (tertiary/aromatic N) is 1. The average Bonchev–Trinajstić information content (AvgIpc) is 2.30. The zero-order valence-corrected chi connectivity index (χ0v) is 11.9. The molecule has 0 aliphatic heterocycles. The summed E-state index contributed by atoms with van der Waals surface area (Å²) in [6.07, 6.45) is 5.00. The van der Waals surface area contributed by atoms with Crippen molar-refractivity contribution in [1.82, 2.24) is 4.90 Å². The summed E-state index contributed by atoms with van der Waals surface area (Å²) >= 11 is 0. The predicted octanol–water partition coefficient (Wildman–Crippen LogP) is 4.08. The van der Waals surface area contributed by atoms with E-state index in [4.69, 9.17) is 0 Å². The summed E-state index contributed by atoms with van der Waals surface area (Å²) < 4.78 is 0. The molecule has 1 atom stereocenters.